The van der Waals surface area contributed by atoms with Gasteiger partial charge in [0.2, 0.25) is 23.6 Å². The lowest BCUT2D eigenvalue weighted by Gasteiger charge is -2.24. The van der Waals surface area contributed by atoms with Crippen molar-refractivity contribution >= 4 is 29.6 Å². The standard InChI is InChI=1S/C24H34N4O6/c1-15(2)11-18(23(32)26-14-21(30)34-5)28-24(33)19(12-17-9-7-6-8-10-17)27-20(29)13-25-22(31)16(3)4/h6-10,15,18-19H,3,11-14H2,1-2,4-5H3,(H,25,31)(H,26,32)(H,27,29)(H,28,33). The number of carbonyl (C=O) groups is 5. The van der Waals surface area contributed by atoms with Gasteiger partial charge in [0, 0.05) is 12.0 Å². The zero-order valence-corrected chi connectivity index (χ0v) is 20.1. The monoisotopic (exact) mass is 474 g/mol. The van der Waals surface area contributed by atoms with Crippen LogP contribution in [-0.4, -0.2) is 61.9 Å². The fourth-order valence-corrected chi connectivity index (χ4v) is 2.95. The fraction of sp³-hybridized carbons (Fsp3) is 0.458. The number of benzene rings is 1. The van der Waals surface area contributed by atoms with Crippen LogP contribution in [0.15, 0.2) is 42.5 Å². The summed E-state index contributed by atoms with van der Waals surface area (Å²) in [6.45, 7) is 8.14. The van der Waals surface area contributed by atoms with Gasteiger partial charge in [-0.15, -0.1) is 0 Å². The minimum absolute atomic E-state index is 0.0636. The van der Waals surface area contributed by atoms with E-state index in [2.05, 4.69) is 32.6 Å². The van der Waals surface area contributed by atoms with Crippen LogP contribution in [0, 0.1) is 5.92 Å². The summed E-state index contributed by atoms with van der Waals surface area (Å²) in [5.74, 6) is -2.70. The topological polar surface area (TPSA) is 143 Å². The van der Waals surface area contributed by atoms with E-state index in [1.165, 1.54) is 14.0 Å². The summed E-state index contributed by atoms with van der Waals surface area (Å²) >= 11 is 0. The molecule has 1 rings (SSSR count). The van der Waals surface area contributed by atoms with Crippen molar-refractivity contribution in [3.05, 3.63) is 48.0 Å². The highest BCUT2D eigenvalue weighted by Crippen LogP contribution is 2.08. The molecule has 1 aromatic rings. The molecule has 186 valence electrons. The number of carbonyl (C=O) groups excluding carboxylic acids is 5. The second kappa shape index (κ2) is 14.5. The lowest BCUT2D eigenvalue weighted by molar-refractivity contribution is -0.141. The molecule has 10 nitrogen and oxygen atoms in total. The molecule has 0 fully saturated rings. The average molecular weight is 475 g/mol. The van der Waals surface area contributed by atoms with E-state index >= 15 is 0 Å². The second-order valence-electron chi connectivity index (χ2n) is 8.26. The second-order valence-corrected chi connectivity index (χ2v) is 8.26. The quantitative estimate of drug-likeness (QED) is 0.238. The molecule has 0 radical (unpaired) electrons. The average Bonchev–Trinajstić information content (AvgIpc) is 2.79. The molecule has 0 heterocycles. The number of nitrogens with one attached hydrogen (secondary N) is 4. The lowest BCUT2D eigenvalue weighted by Crippen LogP contribution is -2.56. The molecule has 0 saturated heterocycles. The summed E-state index contributed by atoms with van der Waals surface area (Å²) in [5, 5.41) is 10.2. The smallest absolute Gasteiger partial charge is 0.325 e. The Hall–Kier alpha value is -3.69. The molecule has 0 aromatic heterocycles. The van der Waals surface area contributed by atoms with Crippen molar-refractivity contribution in [2.75, 3.05) is 20.2 Å². The number of methoxy groups -OCH3 is 1. The first-order chi connectivity index (χ1) is 16.0. The summed E-state index contributed by atoms with van der Waals surface area (Å²) < 4.78 is 4.52. The van der Waals surface area contributed by atoms with E-state index in [9.17, 15) is 24.0 Å². The summed E-state index contributed by atoms with van der Waals surface area (Å²) in [6.07, 6.45) is 0.491. The zero-order chi connectivity index (χ0) is 25.7. The number of hydrogen-bond donors (Lipinski definition) is 4. The summed E-state index contributed by atoms with van der Waals surface area (Å²) in [7, 11) is 1.21. The molecule has 2 unspecified atom stereocenters. The van der Waals surface area contributed by atoms with E-state index in [1.807, 2.05) is 32.0 Å². The third kappa shape index (κ3) is 10.8. The van der Waals surface area contributed by atoms with E-state index in [4.69, 9.17) is 0 Å². The van der Waals surface area contributed by atoms with Gasteiger partial charge in [0.25, 0.3) is 0 Å². The summed E-state index contributed by atoms with van der Waals surface area (Å²) in [6, 6.07) is 7.14. The molecule has 4 amide bonds. The molecule has 4 N–H and O–H groups in total. The third-order valence-electron chi connectivity index (χ3n) is 4.71. The van der Waals surface area contributed by atoms with E-state index < -0.39 is 41.7 Å². The van der Waals surface area contributed by atoms with Crippen LogP contribution >= 0.6 is 0 Å². The molecule has 0 aliphatic rings. The van der Waals surface area contributed by atoms with E-state index in [0.29, 0.717) is 6.42 Å². The van der Waals surface area contributed by atoms with Gasteiger partial charge in [-0.2, -0.15) is 0 Å². The SMILES string of the molecule is C=C(C)C(=O)NCC(=O)NC(Cc1ccccc1)C(=O)NC(CC(C)C)C(=O)NCC(=O)OC. The van der Waals surface area contributed by atoms with Crippen LogP contribution < -0.4 is 21.3 Å². The van der Waals surface area contributed by atoms with Crippen LogP contribution in [-0.2, 0) is 35.1 Å². The molecule has 1 aromatic carbocycles. The van der Waals surface area contributed by atoms with Gasteiger partial charge in [0.05, 0.1) is 13.7 Å². The minimum Gasteiger partial charge on any atom is -0.468 e. The van der Waals surface area contributed by atoms with Gasteiger partial charge in [-0.05, 0) is 24.8 Å². The van der Waals surface area contributed by atoms with Crippen molar-refractivity contribution in [2.45, 2.75) is 45.7 Å². The molecular formula is C24H34N4O6. The first-order valence-corrected chi connectivity index (χ1v) is 10.9. The molecule has 0 saturated carbocycles. The fourth-order valence-electron chi connectivity index (χ4n) is 2.95. The van der Waals surface area contributed by atoms with Crippen LogP contribution in [0.1, 0.15) is 32.8 Å². The van der Waals surface area contributed by atoms with Crippen molar-refractivity contribution in [3.8, 4) is 0 Å². The van der Waals surface area contributed by atoms with Gasteiger partial charge in [-0.25, -0.2) is 0 Å². The van der Waals surface area contributed by atoms with Crippen LogP contribution in [0.2, 0.25) is 0 Å². The predicted octanol–water partition coefficient (Wildman–Crippen LogP) is 0.226. The Morgan fingerprint density at radius 2 is 1.56 bits per heavy atom. The molecule has 0 aliphatic carbocycles. The van der Waals surface area contributed by atoms with Gasteiger partial charge in [0.1, 0.15) is 18.6 Å². The Morgan fingerprint density at radius 1 is 0.912 bits per heavy atom. The Balaban J connectivity index is 2.96. The number of rotatable bonds is 13. The highest BCUT2D eigenvalue weighted by molar-refractivity contribution is 5.96. The van der Waals surface area contributed by atoms with Crippen LogP contribution in [0.25, 0.3) is 0 Å². The highest BCUT2D eigenvalue weighted by Gasteiger charge is 2.28. The predicted molar refractivity (Wildman–Crippen MR) is 126 cm³/mol. The molecule has 0 aliphatic heterocycles. The van der Waals surface area contributed by atoms with Gasteiger partial charge < -0.3 is 26.0 Å². The van der Waals surface area contributed by atoms with Crippen molar-refractivity contribution in [1.82, 2.24) is 21.3 Å². The largest absolute Gasteiger partial charge is 0.468 e. The molecule has 2 atom stereocenters. The third-order valence-corrected chi connectivity index (χ3v) is 4.71. The first-order valence-electron chi connectivity index (χ1n) is 10.9. The first kappa shape index (κ1) is 28.3. The van der Waals surface area contributed by atoms with E-state index in [1.54, 1.807) is 12.1 Å². The molecule has 34 heavy (non-hydrogen) atoms. The molecule has 10 heteroatoms. The minimum atomic E-state index is -1.00. The Bertz CT molecular complexity index is 885. The van der Waals surface area contributed by atoms with E-state index in [0.717, 1.165) is 5.56 Å². The van der Waals surface area contributed by atoms with Gasteiger partial charge >= 0.3 is 5.97 Å². The molecular weight excluding hydrogens is 440 g/mol. The van der Waals surface area contributed by atoms with Crippen LogP contribution in [0.3, 0.4) is 0 Å². The lowest BCUT2D eigenvalue weighted by atomic mass is 10.0. The molecule has 0 spiro atoms. The maximum Gasteiger partial charge on any atom is 0.325 e. The Kier molecular flexibility index (Phi) is 12.1. The van der Waals surface area contributed by atoms with Gasteiger partial charge in [0.15, 0.2) is 0 Å². The summed E-state index contributed by atoms with van der Waals surface area (Å²) in [5.41, 5.74) is 1.05. The van der Waals surface area contributed by atoms with Gasteiger partial charge in [-0.1, -0.05) is 50.8 Å². The van der Waals surface area contributed by atoms with Crippen LogP contribution in [0.4, 0.5) is 0 Å². The van der Waals surface area contributed by atoms with Crippen molar-refractivity contribution < 1.29 is 28.7 Å². The Morgan fingerprint density at radius 3 is 2.12 bits per heavy atom. The van der Waals surface area contributed by atoms with Gasteiger partial charge in [-0.3, -0.25) is 24.0 Å². The van der Waals surface area contributed by atoms with Crippen molar-refractivity contribution in [1.29, 1.82) is 0 Å². The Labute approximate surface area is 199 Å². The number of hydrogen-bond acceptors (Lipinski definition) is 6. The maximum atomic E-state index is 13.1. The van der Waals surface area contributed by atoms with Crippen molar-refractivity contribution in [2.24, 2.45) is 5.92 Å². The number of amides is 4. The summed E-state index contributed by atoms with van der Waals surface area (Å²) in [4.78, 5) is 61.2. The maximum absolute atomic E-state index is 13.1. The molecule has 0 bridgehead atoms. The number of ether oxygens (including phenoxy) is 1. The number of esters is 1. The highest BCUT2D eigenvalue weighted by atomic mass is 16.5. The van der Waals surface area contributed by atoms with Crippen molar-refractivity contribution in [3.63, 3.8) is 0 Å². The van der Waals surface area contributed by atoms with Crippen LogP contribution in [0.5, 0.6) is 0 Å². The zero-order valence-electron chi connectivity index (χ0n) is 20.1. The normalized spacial score (nSPS) is 12.1. The van der Waals surface area contributed by atoms with E-state index in [-0.39, 0.29) is 31.0 Å².